The van der Waals surface area contributed by atoms with Crippen LogP contribution in [-0.4, -0.2) is 40.7 Å². The summed E-state index contributed by atoms with van der Waals surface area (Å²) in [6.07, 6.45) is 15.6. The monoisotopic (exact) mass is 535 g/mol. The van der Waals surface area contributed by atoms with E-state index in [2.05, 4.69) is 36.1 Å². The molecule has 3 unspecified atom stereocenters. The summed E-state index contributed by atoms with van der Waals surface area (Å²) in [5.74, 6) is 3.92. The summed E-state index contributed by atoms with van der Waals surface area (Å²) in [7, 11) is 0. The highest BCUT2D eigenvalue weighted by Crippen LogP contribution is 2.52. The van der Waals surface area contributed by atoms with Crippen LogP contribution in [0.4, 0.5) is 5.82 Å². The van der Waals surface area contributed by atoms with Gasteiger partial charge in [0.1, 0.15) is 5.82 Å². The van der Waals surface area contributed by atoms with Crippen molar-refractivity contribution in [3.63, 3.8) is 0 Å². The van der Waals surface area contributed by atoms with Gasteiger partial charge in [-0.1, -0.05) is 64.0 Å². The molecule has 6 atom stereocenters. The van der Waals surface area contributed by atoms with Gasteiger partial charge in [-0.05, 0) is 85.9 Å². The molecule has 4 fully saturated rings. The van der Waals surface area contributed by atoms with E-state index in [1.54, 1.807) is 16.4 Å². The fourth-order valence-electron chi connectivity index (χ4n) is 8.50. The van der Waals surface area contributed by atoms with Gasteiger partial charge in [0.25, 0.3) is 0 Å². The average Bonchev–Trinajstić information content (AvgIpc) is 3.60. The molecule has 2 bridgehead atoms. The number of amides is 2. The number of unbranched alkanes of at least 4 members (excludes halogenated alkanes) is 2. The van der Waals surface area contributed by atoms with Gasteiger partial charge in [-0.25, -0.2) is 0 Å². The lowest BCUT2D eigenvalue weighted by molar-refractivity contribution is -0.141. The first-order valence-electron chi connectivity index (χ1n) is 15.6. The Kier molecular flexibility index (Phi) is 8.06. The standard InChI is InChI=1S/C32H45N3O2S/c1-2-17-34(30-26-13-7-8-14-28(26)38-33-30)18-9-3-4-10-23-11-5-6-12-25(23)21-35-31(36)27-20-22-15-16-24(19-22)29(27)32(35)37/h7-8,13-14,22-25,27,29H,2-6,9-12,15-21H2,1H3/t22?,23-,24+,25+,27?,29?/m1/s1. The molecule has 5 nitrogen and oxygen atoms in total. The summed E-state index contributed by atoms with van der Waals surface area (Å²) >= 11 is 1.61. The number of carbonyl (C=O) groups excluding carboxylic acids is 2. The van der Waals surface area contributed by atoms with Gasteiger partial charge >= 0.3 is 0 Å². The second-order valence-electron chi connectivity index (χ2n) is 12.7. The molecule has 2 aromatic rings. The topological polar surface area (TPSA) is 53.5 Å². The zero-order chi connectivity index (χ0) is 26.1. The molecule has 38 heavy (non-hydrogen) atoms. The molecule has 2 amide bonds. The maximum Gasteiger partial charge on any atom is 0.233 e. The molecule has 6 heteroatoms. The third kappa shape index (κ3) is 5.14. The largest absolute Gasteiger partial charge is 0.355 e. The molecule has 0 N–H and O–H groups in total. The normalized spacial score (nSPS) is 30.8. The lowest BCUT2D eigenvalue weighted by atomic mass is 9.74. The van der Waals surface area contributed by atoms with E-state index in [0.717, 1.165) is 31.7 Å². The van der Waals surface area contributed by atoms with Crippen molar-refractivity contribution in [2.24, 2.45) is 35.5 Å². The van der Waals surface area contributed by atoms with Crippen molar-refractivity contribution in [2.45, 2.75) is 90.4 Å². The van der Waals surface area contributed by atoms with E-state index in [4.69, 9.17) is 4.37 Å². The molecule has 3 saturated carbocycles. The Bertz CT molecular complexity index is 1130. The number of anilines is 1. The molecule has 206 valence electrons. The van der Waals surface area contributed by atoms with E-state index < -0.39 is 0 Å². The lowest BCUT2D eigenvalue weighted by Gasteiger charge is -2.34. The first kappa shape index (κ1) is 26.3. The van der Waals surface area contributed by atoms with Crippen LogP contribution in [0.1, 0.15) is 90.4 Å². The third-order valence-electron chi connectivity index (χ3n) is 10.4. The van der Waals surface area contributed by atoms with Crippen molar-refractivity contribution < 1.29 is 9.59 Å². The highest BCUT2D eigenvalue weighted by molar-refractivity contribution is 7.13. The van der Waals surface area contributed by atoms with E-state index in [1.807, 2.05) is 0 Å². The van der Waals surface area contributed by atoms with Gasteiger partial charge in [0, 0.05) is 25.0 Å². The molecule has 4 aliphatic rings. The molecule has 0 spiro atoms. The van der Waals surface area contributed by atoms with Crippen LogP contribution in [0.15, 0.2) is 24.3 Å². The van der Waals surface area contributed by atoms with E-state index >= 15 is 0 Å². The molecule has 0 radical (unpaired) electrons. The van der Waals surface area contributed by atoms with Crippen LogP contribution in [0.3, 0.4) is 0 Å². The van der Waals surface area contributed by atoms with E-state index in [0.29, 0.717) is 30.2 Å². The number of aromatic nitrogens is 1. The summed E-state index contributed by atoms with van der Waals surface area (Å²) in [5, 5.41) is 1.29. The number of hydrogen-bond donors (Lipinski definition) is 0. The van der Waals surface area contributed by atoms with Crippen LogP contribution in [0.5, 0.6) is 0 Å². The van der Waals surface area contributed by atoms with Crippen LogP contribution in [0.2, 0.25) is 0 Å². The maximum absolute atomic E-state index is 13.4. The van der Waals surface area contributed by atoms with Crippen LogP contribution in [0, 0.1) is 35.5 Å². The van der Waals surface area contributed by atoms with Crippen LogP contribution in [-0.2, 0) is 9.59 Å². The summed E-state index contributed by atoms with van der Waals surface area (Å²) < 4.78 is 6.08. The molecular formula is C32H45N3O2S. The zero-order valence-electron chi connectivity index (χ0n) is 23.2. The van der Waals surface area contributed by atoms with Crippen LogP contribution in [0.25, 0.3) is 10.1 Å². The van der Waals surface area contributed by atoms with E-state index in [1.165, 1.54) is 80.7 Å². The van der Waals surface area contributed by atoms with Crippen LogP contribution < -0.4 is 4.90 Å². The second kappa shape index (κ2) is 11.7. The Balaban J connectivity index is 1.00. The van der Waals surface area contributed by atoms with Gasteiger partial charge in [0.05, 0.1) is 16.5 Å². The first-order chi connectivity index (χ1) is 18.6. The molecule has 1 saturated heterocycles. The van der Waals surface area contributed by atoms with Gasteiger partial charge in [0.2, 0.25) is 11.8 Å². The Hall–Kier alpha value is -1.95. The lowest BCUT2D eigenvalue weighted by Crippen LogP contribution is -2.39. The zero-order valence-corrected chi connectivity index (χ0v) is 24.0. The first-order valence-corrected chi connectivity index (χ1v) is 16.4. The van der Waals surface area contributed by atoms with Gasteiger partial charge in [-0.15, -0.1) is 0 Å². The number of rotatable bonds is 11. The summed E-state index contributed by atoms with van der Waals surface area (Å²) in [6, 6.07) is 8.59. The van der Waals surface area contributed by atoms with Crippen molar-refractivity contribution >= 4 is 39.3 Å². The Labute approximate surface area is 232 Å². The quantitative estimate of drug-likeness (QED) is 0.224. The molecule has 6 rings (SSSR count). The summed E-state index contributed by atoms with van der Waals surface area (Å²) in [5.41, 5.74) is 0. The fraction of sp³-hybridized carbons (Fsp3) is 0.719. The maximum atomic E-state index is 13.4. The number of imide groups is 1. The van der Waals surface area contributed by atoms with Gasteiger partial charge in [0.15, 0.2) is 0 Å². The van der Waals surface area contributed by atoms with E-state index in [-0.39, 0.29) is 23.7 Å². The van der Waals surface area contributed by atoms with Crippen LogP contribution >= 0.6 is 11.5 Å². The Morgan fingerprint density at radius 1 is 0.947 bits per heavy atom. The number of hydrogen-bond acceptors (Lipinski definition) is 5. The molecule has 1 aliphatic heterocycles. The minimum Gasteiger partial charge on any atom is -0.355 e. The highest BCUT2D eigenvalue weighted by Gasteiger charge is 2.56. The average molecular weight is 536 g/mol. The summed E-state index contributed by atoms with van der Waals surface area (Å²) in [4.78, 5) is 31.0. The van der Waals surface area contributed by atoms with Gasteiger partial charge in [-0.2, -0.15) is 4.37 Å². The smallest absolute Gasteiger partial charge is 0.233 e. The minimum atomic E-state index is 0.0108. The number of fused-ring (bicyclic) bond motifs is 5. The Morgan fingerprint density at radius 2 is 1.79 bits per heavy atom. The molecule has 2 heterocycles. The van der Waals surface area contributed by atoms with Crippen molar-refractivity contribution in [1.29, 1.82) is 0 Å². The minimum absolute atomic E-state index is 0.0108. The molecule has 1 aromatic heterocycles. The number of likely N-dealkylation sites (tertiary alicyclic amines) is 1. The SMILES string of the molecule is CCCN(CCCCC[C@@H]1CCCC[C@H]1CN1C(=O)C2CC3CC[C@@H](C3)C2C1=O)c1nsc2ccccc12. The second-order valence-corrected chi connectivity index (χ2v) is 13.5. The predicted octanol–water partition coefficient (Wildman–Crippen LogP) is 7.30. The van der Waals surface area contributed by atoms with E-state index in [9.17, 15) is 9.59 Å². The highest BCUT2D eigenvalue weighted by atomic mass is 32.1. The van der Waals surface area contributed by atoms with Crippen molar-refractivity contribution in [2.75, 3.05) is 24.5 Å². The van der Waals surface area contributed by atoms with Crippen molar-refractivity contribution in [1.82, 2.24) is 9.27 Å². The molecule has 1 aromatic carbocycles. The predicted molar refractivity (Wildman–Crippen MR) is 155 cm³/mol. The molecule has 3 aliphatic carbocycles. The summed E-state index contributed by atoms with van der Waals surface area (Å²) in [6.45, 7) is 5.07. The number of nitrogens with zero attached hydrogens (tertiary/aromatic N) is 3. The number of benzene rings is 1. The number of carbonyl (C=O) groups is 2. The Morgan fingerprint density at radius 3 is 2.66 bits per heavy atom. The third-order valence-corrected chi connectivity index (χ3v) is 11.2. The van der Waals surface area contributed by atoms with Crippen molar-refractivity contribution in [3.8, 4) is 0 Å². The van der Waals surface area contributed by atoms with Crippen molar-refractivity contribution in [3.05, 3.63) is 24.3 Å². The van der Waals surface area contributed by atoms with Gasteiger partial charge in [-0.3, -0.25) is 14.5 Å². The molecular weight excluding hydrogens is 490 g/mol. The van der Waals surface area contributed by atoms with Gasteiger partial charge < -0.3 is 4.90 Å². The fourth-order valence-corrected chi connectivity index (χ4v) is 9.30.